The topological polar surface area (TPSA) is 18.5 Å². The SMILES string of the molecule is CCCCCCOC1CCC(C2(C3CCC(OCCCCCC)C(/C=C/C4CCCCC4P(C4CCCCC4)C4CCCCC4)C3)C3CC(C)CCC3C3CCC(C)CC32)CC1/C=C/C1CCCCC1P(C1CCCCC1)C1CCCCC1. The lowest BCUT2D eigenvalue weighted by molar-refractivity contribution is -0.124. The van der Waals surface area contributed by atoms with Gasteiger partial charge in [0, 0.05) is 25.0 Å². The van der Waals surface area contributed by atoms with Crippen molar-refractivity contribution in [3.63, 3.8) is 0 Å². The lowest BCUT2D eigenvalue weighted by atomic mass is 9.46. The molecule has 0 aliphatic heterocycles. The van der Waals surface area contributed by atoms with Crippen LogP contribution in [-0.2, 0) is 9.47 Å². The summed E-state index contributed by atoms with van der Waals surface area (Å²) in [5.74, 6) is 10.1. The second kappa shape index (κ2) is 33.0. The Balaban J connectivity index is 0.929. The zero-order valence-corrected chi connectivity index (χ0v) is 57.2. The van der Waals surface area contributed by atoms with E-state index < -0.39 is 0 Å². The molecule has 0 N–H and O–H groups in total. The van der Waals surface area contributed by atoms with Gasteiger partial charge in [-0.3, -0.25) is 0 Å². The Bertz CT molecular complexity index is 1720. The van der Waals surface area contributed by atoms with Crippen molar-refractivity contribution in [2.24, 2.45) is 76.4 Å². The Morgan fingerprint density at radius 1 is 0.337 bits per heavy atom. The van der Waals surface area contributed by atoms with Crippen LogP contribution in [0.3, 0.4) is 0 Å². The van der Waals surface area contributed by atoms with E-state index in [-0.39, 0.29) is 15.8 Å². The minimum Gasteiger partial charge on any atom is -0.378 e. The lowest BCUT2D eigenvalue weighted by Crippen LogP contribution is -2.53. The van der Waals surface area contributed by atoms with Gasteiger partial charge in [-0.15, -0.1) is 0 Å². The van der Waals surface area contributed by atoms with Crippen molar-refractivity contribution >= 4 is 15.8 Å². The predicted molar refractivity (Wildman–Crippen MR) is 363 cm³/mol. The number of unbranched alkanes of at least 4 members (excludes halogenated alkanes) is 6. The Hall–Kier alpha value is 0.260. The molecule has 0 saturated heterocycles. The molecule has 0 aromatic rings. The average molecular weight is 1180 g/mol. The summed E-state index contributed by atoms with van der Waals surface area (Å²) in [6, 6.07) is 0. The zero-order valence-electron chi connectivity index (χ0n) is 55.4. The van der Waals surface area contributed by atoms with E-state index in [1.54, 1.807) is 89.9 Å². The summed E-state index contributed by atoms with van der Waals surface area (Å²) in [7, 11) is 0.194. The predicted octanol–water partition coefficient (Wildman–Crippen LogP) is 24.4. The molecule has 474 valence electrons. The van der Waals surface area contributed by atoms with E-state index in [0.29, 0.717) is 29.5 Å². The maximum absolute atomic E-state index is 7.40. The summed E-state index contributed by atoms with van der Waals surface area (Å²) in [5.41, 5.74) is 6.75. The maximum atomic E-state index is 7.40. The first-order chi connectivity index (χ1) is 40.9. The van der Waals surface area contributed by atoms with Crippen LogP contribution >= 0.6 is 15.8 Å². The normalized spacial score (nSPS) is 40.6. The van der Waals surface area contributed by atoms with Gasteiger partial charge in [-0.05, 0) is 253 Å². The van der Waals surface area contributed by atoms with Crippen LogP contribution in [0.2, 0.25) is 0 Å². The highest BCUT2D eigenvalue weighted by Gasteiger charge is 2.67. The highest BCUT2D eigenvalue weighted by molar-refractivity contribution is 7.60. The van der Waals surface area contributed by atoms with Gasteiger partial charge < -0.3 is 9.47 Å². The molecule has 11 aliphatic rings. The second-order valence-electron chi connectivity index (χ2n) is 32.5. The third-order valence-corrected chi connectivity index (χ3v) is 35.7. The van der Waals surface area contributed by atoms with Crippen molar-refractivity contribution in [3.05, 3.63) is 24.3 Å². The molecule has 83 heavy (non-hydrogen) atoms. The second-order valence-corrected chi connectivity index (χ2v) is 38.6. The molecule has 0 amide bonds. The fourth-order valence-corrected chi connectivity index (χ4v) is 33.2. The minimum atomic E-state index is 0.0970. The Morgan fingerprint density at radius 2 is 0.687 bits per heavy atom. The monoisotopic (exact) mass is 1180 g/mol. The quantitative estimate of drug-likeness (QED) is 0.0545. The number of rotatable bonds is 24. The van der Waals surface area contributed by atoms with Gasteiger partial charge in [-0.25, -0.2) is 0 Å². The van der Waals surface area contributed by atoms with Crippen molar-refractivity contribution < 1.29 is 9.47 Å². The van der Waals surface area contributed by atoms with Gasteiger partial charge in [-0.2, -0.15) is 0 Å². The molecule has 0 aromatic heterocycles. The first-order valence-corrected chi connectivity index (χ1v) is 42.2. The maximum Gasteiger partial charge on any atom is 0.0637 e. The van der Waals surface area contributed by atoms with Crippen LogP contribution in [0.4, 0.5) is 0 Å². The van der Waals surface area contributed by atoms with Crippen LogP contribution < -0.4 is 0 Å². The van der Waals surface area contributed by atoms with Gasteiger partial charge in [-0.1, -0.05) is 222 Å². The molecule has 11 aliphatic carbocycles. The number of hydrogen-bond acceptors (Lipinski definition) is 2. The van der Waals surface area contributed by atoms with Gasteiger partial charge in [0.15, 0.2) is 0 Å². The van der Waals surface area contributed by atoms with Crippen LogP contribution in [0.15, 0.2) is 24.3 Å². The molecule has 0 heterocycles. The van der Waals surface area contributed by atoms with Crippen LogP contribution in [-0.4, -0.2) is 59.4 Å². The Kier molecular flexibility index (Phi) is 25.8. The van der Waals surface area contributed by atoms with Gasteiger partial charge in [0.25, 0.3) is 0 Å². The van der Waals surface area contributed by atoms with Crippen molar-refractivity contribution in [2.75, 3.05) is 13.2 Å². The summed E-state index contributed by atoms with van der Waals surface area (Å²) in [5, 5.41) is 0. The largest absolute Gasteiger partial charge is 0.378 e. The van der Waals surface area contributed by atoms with E-state index in [9.17, 15) is 0 Å². The Labute approximate surface area is 518 Å². The highest BCUT2D eigenvalue weighted by Crippen LogP contribution is 2.74. The molecule has 16 atom stereocenters. The molecule has 0 aromatic carbocycles. The summed E-state index contributed by atoms with van der Waals surface area (Å²) >= 11 is 0. The van der Waals surface area contributed by atoms with Crippen molar-refractivity contribution in [1.29, 1.82) is 0 Å². The van der Waals surface area contributed by atoms with E-state index >= 15 is 0 Å². The standard InChI is InChI=1S/C79H136O2P2/c1-5-7-9-27-53-80-75-51-47-65(57-63(75)45-43-61-29-23-25-39-77(61)82(67-31-15-11-16-32-67)68-33-17-12-18-34-68)79(73-55-59(3)41-49-71(73)72-50-42-60(4)56-74(72)79)66-48-52-76(81-54-28-10-8-6-2)64(58-66)46-44-62-30-24-26-40-78(62)83(69-35-19-13-20-36-69)70-37-21-14-22-38-70/h43-46,59-78H,5-42,47-58H2,1-4H3/b45-43+,46-44+. The van der Waals surface area contributed by atoms with E-state index in [0.717, 1.165) is 106 Å². The van der Waals surface area contributed by atoms with Crippen LogP contribution in [0.5, 0.6) is 0 Å². The van der Waals surface area contributed by atoms with Crippen molar-refractivity contribution in [1.82, 2.24) is 0 Å². The third kappa shape index (κ3) is 16.0. The van der Waals surface area contributed by atoms with E-state index in [1.165, 1.54) is 218 Å². The molecule has 16 unspecified atom stereocenters. The van der Waals surface area contributed by atoms with E-state index in [2.05, 4.69) is 52.0 Å². The molecular weight excluding hydrogens is 1040 g/mol. The molecular formula is C79H136O2P2. The number of fused-ring (bicyclic) bond motifs is 3. The molecule has 11 saturated carbocycles. The van der Waals surface area contributed by atoms with E-state index in [4.69, 9.17) is 9.47 Å². The zero-order chi connectivity index (χ0) is 56.8. The highest BCUT2D eigenvalue weighted by atomic mass is 31.1. The molecule has 11 rings (SSSR count). The molecule has 2 nitrogen and oxygen atoms in total. The molecule has 0 bridgehead atoms. The lowest BCUT2D eigenvalue weighted by Gasteiger charge is -2.59. The summed E-state index contributed by atoms with van der Waals surface area (Å²) < 4.78 is 14.8. The summed E-state index contributed by atoms with van der Waals surface area (Å²) in [6.45, 7) is 12.2. The Morgan fingerprint density at radius 3 is 1.06 bits per heavy atom. The third-order valence-electron chi connectivity index (χ3n) is 27.4. The number of hydrogen-bond donors (Lipinski definition) is 0. The van der Waals surface area contributed by atoms with E-state index in [1.807, 2.05) is 0 Å². The van der Waals surface area contributed by atoms with Gasteiger partial charge >= 0.3 is 0 Å². The molecule has 11 fully saturated rings. The number of allylic oxidation sites excluding steroid dienone is 2. The smallest absolute Gasteiger partial charge is 0.0637 e. The first kappa shape index (κ1) is 64.8. The number of ether oxygens (including phenoxy) is 2. The minimum absolute atomic E-state index is 0.0970. The molecule has 0 radical (unpaired) electrons. The van der Waals surface area contributed by atoms with Crippen molar-refractivity contribution in [2.45, 2.75) is 382 Å². The molecule has 4 heteroatoms. The summed E-state index contributed by atoms with van der Waals surface area (Å²) in [6.07, 6.45) is 84.0. The van der Waals surface area contributed by atoms with Crippen LogP contribution in [0.25, 0.3) is 0 Å². The summed E-state index contributed by atoms with van der Waals surface area (Å²) in [4.78, 5) is 0. The first-order valence-electron chi connectivity index (χ1n) is 39.1. The van der Waals surface area contributed by atoms with Gasteiger partial charge in [0.1, 0.15) is 0 Å². The van der Waals surface area contributed by atoms with Crippen LogP contribution in [0, 0.1) is 76.4 Å². The average Bonchev–Trinajstić information content (AvgIpc) is 2.98. The van der Waals surface area contributed by atoms with Crippen LogP contribution in [0.1, 0.15) is 336 Å². The fraction of sp³-hybridized carbons (Fsp3) is 0.949. The fourth-order valence-electron chi connectivity index (χ4n) is 23.6. The van der Waals surface area contributed by atoms with Gasteiger partial charge in [0.05, 0.1) is 12.2 Å². The van der Waals surface area contributed by atoms with Gasteiger partial charge in [0.2, 0.25) is 0 Å². The molecule has 0 spiro atoms. The van der Waals surface area contributed by atoms with Crippen molar-refractivity contribution in [3.8, 4) is 0 Å².